The Bertz CT molecular complexity index is 616. The van der Waals surface area contributed by atoms with Crippen LogP contribution in [0.3, 0.4) is 0 Å². The molecule has 0 aliphatic carbocycles. The molecule has 1 aromatic carbocycles. The van der Waals surface area contributed by atoms with Crippen molar-refractivity contribution in [2.45, 2.75) is 39.2 Å². The van der Waals surface area contributed by atoms with Gasteiger partial charge in [0.1, 0.15) is 17.2 Å². The summed E-state index contributed by atoms with van der Waals surface area (Å²) in [5.74, 6) is -0.490. The molecule has 1 heterocycles. The van der Waals surface area contributed by atoms with E-state index >= 15 is 0 Å². The summed E-state index contributed by atoms with van der Waals surface area (Å²) in [6.07, 6.45) is 0.687. The highest BCUT2D eigenvalue weighted by molar-refractivity contribution is 6.00. The van der Waals surface area contributed by atoms with E-state index in [0.717, 1.165) is 0 Å². The predicted molar refractivity (Wildman–Crippen MR) is 87.8 cm³/mol. The number of ketones is 1. The van der Waals surface area contributed by atoms with Gasteiger partial charge in [-0.05, 0) is 51.8 Å². The van der Waals surface area contributed by atoms with Crippen molar-refractivity contribution in [2.75, 3.05) is 20.2 Å². The van der Waals surface area contributed by atoms with Gasteiger partial charge in [-0.2, -0.15) is 0 Å². The SMILES string of the molecule is COc1ccc(F)cc1C(=O)C1CCN(C(=O)OC(C)(C)C)CC1. The van der Waals surface area contributed by atoms with E-state index < -0.39 is 11.4 Å². The van der Waals surface area contributed by atoms with Gasteiger partial charge in [0.25, 0.3) is 0 Å². The van der Waals surface area contributed by atoms with Crippen molar-refractivity contribution in [2.24, 2.45) is 5.92 Å². The molecule has 2 rings (SSSR count). The van der Waals surface area contributed by atoms with Crippen molar-refractivity contribution in [3.8, 4) is 5.75 Å². The van der Waals surface area contributed by atoms with Crippen LogP contribution >= 0.6 is 0 Å². The van der Waals surface area contributed by atoms with E-state index in [1.165, 1.54) is 25.3 Å². The highest BCUT2D eigenvalue weighted by Gasteiger charge is 2.31. The Balaban J connectivity index is 2.01. The molecule has 0 radical (unpaired) electrons. The number of hydrogen-bond donors (Lipinski definition) is 0. The topological polar surface area (TPSA) is 55.8 Å². The number of hydrogen-bond acceptors (Lipinski definition) is 4. The quantitative estimate of drug-likeness (QED) is 0.790. The number of piperidine rings is 1. The third-order valence-electron chi connectivity index (χ3n) is 3.94. The van der Waals surface area contributed by atoms with Crippen LogP contribution in [-0.4, -0.2) is 42.6 Å². The van der Waals surface area contributed by atoms with Gasteiger partial charge in [0.2, 0.25) is 0 Å². The van der Waals surface area contributed by atoms with Crippen LogP contribution in [0, 0.1) is 11.7 Å². The number of amides is 1. The summed E-state index contributed by atoms with van der Waals surface area (Å²) in [6, 6.07) is 3.93. The minimum absolute atomic E-state index is 0.143. The highest BCUT2D eigenvalue weighted by Crippen LogP contribution is 2.28. The Morgan fingerprint density at radius 1 is 1.21 bits per heavy atom. The molecule has 6 heteroatoms. The highest BCUT2D eigenvalue weighted by atomic mass is 19.1. The molecule has 0 saturated carbocycles. The van der Waals surface area contributed by atoms with Crippen molar-refractivity contribution in [1.82, 2.24) is 4.90 Å². The molecule has 1 fully saturated rings. The average Bonchev–Trinajstić information content (AvgIpc) is 2.52. The first-order valence-corrected chi connectivity index (χ1v) is 8.07. The molecule has 0 unspecified atom stereocenters. The van der Waals surface area contributed by atoms with Crippen LogP contribution in [0.4, 0.5) is 9.18 Å². The first kappa shape index (κ1) is 18.2. The molecule has 24 heavy (non-hydrogen) atoms. The molecular weight excluding hydrogens is 313 g/mol. The monoisotopic (exact) mass is 337 g/mol. The maximum atomic E-state index is 13.5. The molecule has 1 amide bonds. The zero-order valence-electron chi connectivity index (χ0n) is 14.6. The molecule has 0 atom stereocenters. The first-order chi connectivity index (χ1) is 11.2. The summed E-state index contributed by atoms with van der Waals surface area (Å²) in [7, 11) is 1.45. The normalized spacial score (nSPS) is 16.0. The third-order valence-corrected chi connectivity index (χ3v) is 3.94. The van der Waals surface area contributed by atoms with E-state index in [1.54, 1.807) is 4.90 Å². The van der Waals surface area contributed by atoms with Crippen LogP contribution in [0.15, 0.2) is 18.2 Å². The number of carbonyl (C=O) groups excluding carboxylic acids is 2. The maximum Gasteiger partial charge on any atom is 0.410 e. The molecule has 1 saturated heterocycles. The number of likely N-dealkylation sites (tertiary alicyclic amines) is 1. The van der Waals surface area contributed by atoms with Gasteiger partial charge in [-0.3, -0.25) is 4.79 Å². The number of halogens is 1. The summed E-state index contributed by atoms with van der Waals surface area (Å²) in [5, 5.41) is 0. The lowest BCUT2D eigenvalue weighted by molar-refractivity contribution is 0.0182. The Morgan fingerprint density at radius 3 is 2.38 bits per heavy atom. The van der Waals surface area contributed by atoms with E-state index in [4.69, 9.17) is 9.47 Å². The van der Waals surface area contributed by atoms with E-state index in [1.807, 2.05) is 20.8 Å². The standard InChI is InChI=1S/C18H24FNO4/c1-18(2,3)24-17(22)20-9-7-12(8-10-20)16(21)14-11-13(19)5-6-15(14)23-4/h5-6,11-12H,7-10H2,1-4H3. The van der Waals surface area contributed by atoms with Crippen LogP contribution in [-0.2, 0) is 4.74 Å². The summed E-state index contributed by atoms with van der Waals surface area (Å²) in [4.78, 5) is 26.3. The molecular formula is C18H24FNO4. The molecule has 132 valence electrons. The van der Waals surface area contributed by atoms with Gasteiger partial charge in [-0.25, -0.2) is 9.18 Å². The van der Waals surface area contributed by atoms with Gasteiger partial charge < -0.3 is 14.4 Å². The Hall–Kier alpha value is -2.11. The maximum absolute atomic E-state index is 13.5. The summed E-state index contributed by atoms with van der Waals surface area (Å²) in [5.41, 5.74) is -0.285. The van der Waals surface area contributed by atoms with Crippen molar-refractivity contribution >= 4 is 11.9 Å². The smallest absolute Gasteiger partial charge is 0.410 e. The second-order valence-corrected chi connectivity index (χ2v) is 6.95. The molecule has 1 aliphatic rings. The van der Waals surface area contributed by atoms with Crippen LogP contribution < -0.4 is 4.74 Å². The van der Waals surface area contributed by atoms with Crippen molar-refractivity contribution < 1.29 is 23.5 Å². The number of methoxy groups -OCH3 is 1. The largest absolute Gasteiger partial charge is 0.496 e. The number of benzene rings is 1. The van der Waals surface area contributed by atoms with Crippen molar-refractivity contribution in [1.29, 1.82) is 0 Å². The van der Waals surface area contributed by atoms with Crippen LogP contribution in [0.5, 0.6) is 5.75 Å². The van der Waals surface area contributed by atoms with Crippen molar-refractivity contribution in [3.05, 3.63) is 29.6 Å². The summed E-state index contributed by atoms with van der Waals surface area (Å²) in [6.45, 7) is 6.35. The lowest BCUT2D eigenvalue weighted by Crippen LogP contribution is -2.43. The fraction of sp³-hybridized carbons (Fsp3) is 0.556. The molecule has 1 aromatic rings. The second-order valence-electron chi connectivity index (χ2n) is 6.95. The van der Waals surface area contributed by atoms with Crippen LogP contribution in [0.2, 0.25) is 0 Å². The first-order valence-electron chi connectivity index (χ1n) is 8.07. The lowest BCUT2D eigenvalue weighted by Gasteiger charge is -2.33. The number of Topliss-reactive ketones (excluding diaryl/α,β-unsaturated/α-hetero) is 1. The van der Waals surface area contributed by atoms with Crippen LogP contribution in [0.25, 0.3) is 0 Å². The Kier molecular flexibility index (Phi) is 5.47. The van der Waals surface area contributed by atoms with Gasteiger partial charge in [0.15, 0.2) is 5.78 Å². The van der Waals surface area contributed by atoms with E-state index in [9.17, 15) is 14.0 Å². The number of nitrogens with zero attached hydrogens (tertiary/aromatic N) is 1. The fourth-order valence-electron chi connectivity index (χ4n) is 2.74. The predicted octanol–water partition coefficient (Wildman–Crippen LogP) is 3.66. The third kappa shape index (κ3) is 4.46. The average molecular weight is 337 g/mol. The minimum Gasteiger partial charge on any atom is -0.496 e. The molecule has 0 spiro atoms. The molecule has 0 bridgehead atoms. The van der Waals surface area contributed by atoms with E-state index in [2.05, 4.69) is 0 Å². The molecule has 1 aliphatic heterocycles. The van der Waals surface area contributed by atoms with Crippen molar-refractivity contribution in [3.63, 3.8) is 0 Å². The summed E-state index contributed by atoms with van der Waals surface area (Å²) >= 11 is 0. The Morgan fingerprint density at radius 2 is 1.83 bits per heavy atom. The fourth-order valence-corrected chi connectivity index (χ4v) is 2.74. The molecule has 0 N–H and O–H groups in total. The molecule has 5 nitrogen and oxygen atoms in total. The number of ether oxygens (including phenoxy) is 2. The van der Waals surface area contributed by atoms with Gasteiger partial charge in [-0.1, -0.05) is 0 Å². The lowest BCUT2D eigenvalue weighted by atomic mass is 9.88. The number of carbonyl (C=O) groups is 2. The molecule has 0 aromatic heterocycles. The Labute approximate surface area is 141 Å². The zero-order chi connectivity index (χ0) is 17.9. The van der Waals surface area contributed by atoms with Gasteiger partial charge >= 0.3 is 6.09 Å². The number of rotatable bonds is 3. The van der Waals surface area contributed by atoms with E-state index in [0.29, 0.717) is 31.7 Å². The van der Waals surface area contributed by atoms with Crippen LogP contribution in [0.1, 0.15) is 44.0 Å². The minimum atomic E-state index is -0.543. The van der Waals surface area contributed by atoms with E-state index in [-0.39, 0.29) is 23.4 Å². The zero-order valence-corrected chi connectivity index (χ0v) is 14.6. The van der Waals surface area contributed by atoms with Gasteiger partial charge in [-0.15, -0.1) is 0 Å². The summed E-state index contributed by atoms with van der Waals surface area (Å²) < 4.78 is 24.0. The van der Waals surface area contributed by atoms with Gasteiger partial charge in [0.05, 0.1) is 12.7 Å². The second kappa shape index (κ2) is 7.20. The van der Waals surface area contributed by atoms with Gasteiger partial charge in [0, 0.05) is 19.0 Å².